The molecule has 0 aromatic carbocycles. The third-order valence-electron chi connectivity index (χ3n) is 1.77. The second-order valence-electron chi connectivity index (χ2n) is 4.01. The summed E-state index contributed by atoms with van der Waals surface area (Å²) in [7, 11) is 0. The summed E-state index contributed by atoms with van der Waals surface area (Å²) < 4.78 is 13.2. The summed E-state index contributed by atoms with van der Waals surface area (Å²) >= 11 is 0. The zero-order valence-corrected chi connectivity index (χ0v) is 7.53. The SMILES string of the molecule is CC1=C(F)C(C(C)(C)C)=NC1. The van der Waals surface area contributed by atoms with Crippen molar-refractivity contribution >= 4 is 5.71 Å². The second-order valence-corrected chi connectivity index (χ2v) is 4.01. The van der Waals surface area contributed by atoms with Gasteiger partial charge < -0.3 is 0 Å². The van der Waals surface area contributed by atoms with Gasteiger partial charge in [-0.25, -0.2) is 4.39 Å². The normalized spacial score (nSPS) is 19.2. The van der Waals surface area contributed by atoms with Gasteiger partial charge in [0.05, 0.1) is 12.3 Å². The highest BCUT2D eigenvalue weighted by molar-refractivity contribution is 6.04. The molecule has 0 aromatic rings. The van der Waals surface area contributed by atoms with Crippen molar-refractivity contribution in [3.05, 3.63) is 11.4 Å². The van der Waals surface area contributed by atoms with E-state index in [1.807, 2.05) is 20.8 Å². The third kappa shape index (κ3) is 1.50. The maximum Gasteiger partial charge on any atom is 0.145 e. The Kier molecular flexibility index (Phi) is 1.87. The van der Waals surface area contributed by atoms with Crippen LogP contribution in [0, 0.1) is 5.41 Å². The summed E-state index contributed by atoms with van der Waals surface area (Å²) in [5.41, 5.74) is 1.23. The Balaban J connectivity index is 2.94. The van der Waals surface area contributed by atoms with Crippen LogP contribution in [0.1, 0.15) is 27.7 Å². The zero-order chi connectivity index (χ0) is 8.65. The maximum atomic E-state index is 13.2. The maximum absolute atomic E-state index is 13.2. The predicted octanol–water partition coefficient (Wildman–Crippen LogP) is 2.73. The number of allylic oxidation sites excluding steroid dienone is 1. The molecule has 2 heteroatoms. The fourth-order valence-electron chi connectivity index (χ4n) is 1.10. The van der Waals surface area contributed by atoms with E-state index in [4.69, 9.17) is 0 Å². The fourth-order valence-corrected chi connectivity index (χ4v) is 1.10. The van der Waals surface area contributed by atoms with Crippen LogP contribution in [0.3, 0.4) is 0 Å². The van der Waals surface area contributed by atoms with E-state index in [1.165, 1.54) is 0 Å². The third-order valence-corrected chi connectivity index (χ3v) is 1.77. The van der Waals surface area contributed by atoms with E-state index in [-0.39, 0.29) is 11.2 Å². The highest BCUT2D eigenvalue weighted by Crippen LogP contribution is 2.28. The Labute approximate surface area is 67.0 Å². The fraction of sp³-hybridized carbons (Fsp3) is 0.667. The number of hydrogen-bond acceptors (Lipinski definition) is 1. The first-order chi connectivity index (χ1) is 4.93. The van der Waals surface area contributed by atoms with Crippen LogP contribution in [-0.4, -0.2) is 12.3 Å². The topological polar surface area (TPSA) is 12.4 Å². The van der Waals surface area contributed by atoms with Gasteiger partial charge in [0.25, 0.3) is 0 Å². The van der Waals surface area contributed by atoms with Gasteiger partial charge in [0, 0.05) is 5.41 Å². The van der Waals surface area contributed by atoms with E-state index in [0.717, 1.165) is 5.57 Å². The minimum atomic E-state index is -0.151. The Hall–Kier alpha value is -0.660. The Morgan fingerprint density at radius 2 is 1.91 bits per heavy atom. The molecular formula is C9H14FN. The number of nitrogens with zero attached hydrogens (tertiary/aromatic N) is 1. The Morgan fingerprint density at radius 3 is 2.09 bits per heavy atom. The summed E-state index contributed by atoms with van der Waals surface area (Å²) in [6, 6.07) is 0. The van der Waals surface area contributed by atoms with Gasteiger partial charge in [-0.15, -0.1) is 0 Å². The first kappa shape index (κ1) is 8.44. The molecule has 0 aromatic heterocycles. The summed E-state index contributed by atoms with van der Waals surface area (Å²) in [6.45, 7) is 8.26. The lowest BCUT2D eigenvalue weighted by Crippen LogP contribution is -2.19. The van der Waals surface area contributed by atoms with Crippen LogP contribution in [0.4, 0.5) is 4.39 Å². The second kappa shape index (κ2) is 2.43. The van der Waals surface area contributed by atoms with Gasteiger partial charge in [-0.3, -0.25) is 4.99 Å². The molecule has 1 heterocycles. The predicted molar refractivity (Wildman–Crippen MR) is 45.6 cm³/mol. The zero-order valence-electron chi connectivity index (χ0n) is 7.53. The lowest BCUT2D eigenvalue weighted by atomic mass is 9.89. The van der Waals surface area contributed by atoms with E-state index in [2.05, 4.69) is 4.99 Å². The van der Waals surface area contributed by atoms with Crippen molar-refractivity contribution in [3.8, 4) is 0 Å². The quantitative estimate of drug-likeness (QED) is 0.510. The van der Waals surface area contributed by atoms with Crippen LogP contribution in [0.25, 0.3) is 0 Å². The van der Waals surface area contributed by atoms with Crippen LogP contribution >= 0.6 is 0 Å². The molecule has 1 aliphatic heterocycles. The highest BCUT2D eigenvalue weighted by Gasteiger charge is 2.27. The molecule has 0 fully saturated rings. The van der Waals surface area contributed by atoms with Crippen LogP contribution < -0.4 is 0 Å². The number of halogens is 1. The average molecular weight is 155 g/mol. The molecule has 62 valence electrons. The summed E-state index contributed by atoms with van der Waals surface area (Å²) in [5, 5.41) is 0. The first-order valence-electron chi connectivity index (χ1n) is 3.83. The first-order valence-corrected chi connectivity index (χ1v) is 3.83. The van der Waals surface area contributed by atoms with Crippen molar-refractivity contribution in [2.24, 2.45) is 10.4 Å². The number of aliphatic imine (C=N–C) groups is 1. The van der Waals surface area contributed by atoms with Crippen molar-refractivity contribution in [2.75, 3.05) is 6.54 Å². The number of hydrogen-bond donors (Lipinski definition) is 0. The monoisotopic (exact) mass is 155 g/mol. The summed E-state index contributed by atoms with van der Waals surface area (Å²) in [6.07, 6.45) is 0. The molecule has 0 radical (unpaired) electrons. The van der Waals surface area contributed by atoms with Crippen LogP contribution in [0.15, 0.2) is 16.4 Å². The van der Waals surface area contributed by atoms with E-state index in [1.54, 1.807) is 6.92 Å². The van der Waals surface area contributed by atoms with Crippen molar-refractivity contribution in [3.63, 3.8) is 0 Å². The molecule has 0 N–H and O–H groups in total. The molecule has 0 saturated carbocycles. The van der Waals surface area contributed by atoms with Gasteiger partial charge in [0.2, 0.25) is 0 Å². The molecule has 0 unspecified atom stereocenters. The largest absolute Gasteiger partial charge is 0.282 e. The summed E-state index contributed by atoms with van der Waals surface area (Å²) in [4.78, 5) is 4.14. The highest BCUT2D eigenvalue weighted by atomic mass is 19.1. The van der Waals surface area contributed by atoms with E-state index >= 15 is 0 Å². The minimum Gasteiger partial charge on any atom is -0.282 e. The lowest BCUT2D eigenvalue weighted by molar-refractivity contribution is 0.564. The van der Waals surface area contributed by atoms with Gasteiger partial charge in [-0.2, -0.15) is 0 Å². The van der Waals surface area contributed by atoms with Crippen molar-refractivity contribution in [2.45, 2.75) is 27.7 Å². The molecule has 0 spiro atoms. The molecular weight excluding hydrogens is 141 g/mol. The standard InChI is InChI=1S/C9H14FN/c1-6-5-11-8(7(6)10)9(2,3)4/h5H2,1-4H3. The van der Waals surface area contributed by atoms with Crippen LogP contribution in [0.5, 0.6) is 0 Å². The molecule has 1 aliphatic rings. The summed E-state index contributed by atoms with van der Waals surface area (Å²) in [5.74, 6) is -0.0995. The number of rotatable bonds is 0. The van der Waals surface area contributed by atoms with Gasteiger partial charge in [0.15, 0.2) is 0 Å². The lowest BCUT2D eigenvalue weighted by Gasteiger charge is -2.17. The molecule has 0 aliphatic carbocycles. The molecule has 0 amide bonds. The average Bonchev–Trinajstić information content (AvgIpc) is 2.11. The molecule has 1 rings (SSSR count). The van der Waals surface area contributed by atoms with Gasteiger partial charge >= 0.3 is 0 Å². The van der Waals surface area contributed by atoms with E-state index < -0.39 is 0 Å². The van der Waals surface area contributed by atoms with Gasteiger partial charge in [-0.1, -0.05) is 20.8 Å². The van der Waals surface area contributed by atoms with E-state index in [0.29, 0.717) is 12.3 Å². The Bertz CT molecular complexity index is 230. The van der Waals surface area contributed by atoms with Crippen molar-refractivity contribution in [1.82, 2.24) is 0 Å². The minimum absolute atomic E-state index is 0.0995. The molecule has 0 bridgehead atoms. The molecule has 11 heavy (non-hydrogen) atoms. The van der Waals surface area contributed by atoms with Crippen molar-refractivity contribution in [1.29, 1.82) is 0 Å². The van der Waals surface area contributed by atoms with Crippen LogP contribution in [-0.2, 0) is 0 Å². The van der Waals surface area contributed by atoms with Crippen LogP contribution in [0.2, 0.25) is 0 Å². The van der Waals surface area contributed by atoms with Gasteiger partial charge in [0.1, 0.15) is 5.83 Å². The molecule has 1 nitrogen and oxygen atoms in total. The van der Waals surface area contributed by atoms with E-state index in [9.17, 15) is 4.39 Å². The van der Waals surface area contributed by atoms with Gasteiger partial charge in [-0.05, 0) is 12.5 Å². The van der Waals surface area contributed by atoms with Crippen molar-refractivity contribution < 1.29 is 4.39 Å². The smallest absolute Gasteiger partial charge is 0.145 e. The molecule has 0 atom stereocenters. The molecule has 0 saturated heterocycles. The Morgan fingerprint density at radius 1 is 1.36 bits per heavy atom.